The van der Waals surface area contributed by atoms with Gasteiger partial charge in [0.25, 0.3) is 0 Å². The second-order valence-electron chi connectivity index (χ2n) is 7.52. The number of allylic oxidation sites excluding steroid dienone is 2. The van der Waals surface area contributed by atoms with Gasteiger partial charge in [-0.1, -0.05) is 24.3 Å². The summed E-state index contributed by atoms with van der Waals surface area (Å²) in [5.41, 5.74) is 3.13. The average Bonchev–Trinajstić information content (AvgIpc) is 3.08. The maximum absolute atomic E-state index is 13.0. The van der Waals surface area contributed by atoms with Crippen molar-refractivity contribution >= 4 is 17.5 Å². The molecule has 0 N–H and O–H groups in total. The fourth-order valence-electron chi connectivity index (χ4n) is 5.28. The minimum atomic E-state index is -0.107. The molecule has 1 spiro atoms. The minimum Gasteiger partial charge on any atom is -0.274 e. The predicted octanol–water partition coefficient (Wildman–Crippen LogP) is 3.01. The van der Waals surface area contributed by atoms with Crippen LogP contribution in [0.4, 0.5) is 5.69 Å². The first kappa shape index (κ1) is 12.6. The fraction of sp³-hybridized carbons (Fsp3) is 0.474. The van der Waals surface area contributed by atoms with Crippen LogP contribution < -0.4 is 4.90 Å². The van der Waals surface area contributed by atoms with E-state index in [4.69, 9.17) is 0 Å². The third kappa shape index (κ3) is 1.25. The highest BCUT2D eigenvalue weighted by Gasteiger charge is 2.73. The molecular weight excluding hydrogens is 274 g/mol. The van der Waals surface area contributed by atoms with Gasteiger partial charge in [-0.15, -0.1) is 0 Å². The third-order valence-corrected chi connectivity index (χ3v) is 6.46. The molecule has 5 rings (SSSR count). The maximum atomic E-state index is 13.0. The molecule has 1 aromatic rings. The Hall–Kier alpha value is -1.90. The van der Waals surface area contributed by atoms with Gasteiger partial charge in [-0.05, 0) is 61.1 Å². The van der Waals surface area contributed by atoms with Gasteiger partial charge in [-0.2, -0.15) is 0 Å². The van der Waals surface area contributed by atoms with Gasteiger partial charge in [0.2, 0.25) is 11.8 Å². The smallest absolute Gasteiger partial charge is 0.238 e. The molecule has 4 atom stereocenters. The molecule has 2 saturated carbocycles. The lowest BCUT2D eigenvalue weighted by atomic mass is 9.85. The molecule has 0 radical (unpaired) electrons. The first-order chi connectivity index (χ1) is 10.5. The monoisotopic (exact) mass is 293 g/mol. The normalized spacial score (nSPS) is 36.5. The van der Waals surface area contributed by atoms with Crippen molar-refractivity contribution < 1.29 is 9.59 Å². The van der Waals surface area contributed by atoms with Gasteiger partial charge < -0.3 is 0 Å². The van der Waals surface area contributed by atoms with Crippen LogP contribution in [0, 0.1) is 42.9 Å². The zero-order chi connectivity index (χ0) is 15.2. The van der Waals surface area contributed by atoms with E-state index in [1.165, 1.54) is 17.7 Å². The van der Waals surface area contributed by atoms with Crippen molar-refractivity contribution in [1.29, 1.82) is 0 Å². The summed E-state index contributed by atoms with van der Waals surface area (Å²) < 4.78 is 0. The summed E-state index contributed by atoms with van der Waals surface area (Å²) in [5.74, 6) is 0.455. The molecule has 2 amide bonds. The van der Waals surface area contributed by atoms with Crippen molar-refractivity contribution in [3.05, 3.63) is 41.5 Å². The van der Waals surface area contributed by atoms with Gasteiger partial charge in [-0.3, -0.25) is 9.59 Å². The van der Waals surface area contributed by atoms with Gasteiger partial charge in [-0.25, -0.2) is 4.90 Å². The number of benzene rings is 1. The van der Waals surface area contributed by atoms with Crippen LogP contribution in [0.3, 0.4) is 0 Å². The summed E-state index contributed by atoms with van der Waals surface area (Å²) in [6.45, 7) is 3.97. The molecule has 0 unspecified atom stereocenters. The van der Waals surface area contributed by atoms with Crippen LogP contribution in [0.25, 0.3) is 0 Å². The Morgan fingerprint density at radius 1 is 1.00 bits per heavy atom. The number of fused-ring (bicyclic) bond motifs is 3. The Morgan fingerprint density at radius 2 is 1.59 bits per heavy atom. The number of rotatable bonds is 1. The molecule has 1 heterocycles. The summed E-state index contributed by atoms with van der Waals surface area (Å²) in [6, 6.07) is 5.98. The van der Waals surface area contributed by atoms with Crippen LogP contribution in [0.2, 0.25) is 0 Å². The van der Waals surface area contributed by atoms with E-state index in [0.717, 1.165) is 16.8 Å². The first-order valence-corrected chi connectivity index (χ1v) is 8.18. The van der Waals surface area contributed by atoms with Crippen molar-refractivity contribution in [1.82, 2.24) is 0 Å². The molecule has 1 aromatic carbocycles. The summed E-state index contributed by atoms with van der Waals surface area (Å²) in [5, 5.41) is 0. The Balaban J connectivity index is 1.61. The number of amides is 2. The highest BCUT2D eigenvalue weighted by atomic mass is 16.2. The predicted molar refractivity (Wildman–Crippen MR) is 83.2 cm³/mol. The SMILES string of the molecule is Cc1ccc(C)c(N2C(=O)[C@H]3[C@H](C2=O)[C@H]2C=C[C@H]3C23CC3)c1. The number of nitrogens with zero attached hydrogens (tertiary/aromatic N) is 1. The molecule has 3 nitrogen and oxygen atoms in total. The van der Waals surface area contributed by atoms with Crippen LogP contribution in [0.15, 0.2) is 30.4 Å². The number of carbonyl (C=O) groups excluding carboxylic acids is 2. The molecule has 3 fully saturated rings. The maximum Gasteiger partial charge on any atom is 0.238 e. The van der Waals surface area contributed by atoms with E-state index in [9.17, 15) is 9.59 Å². The van der Waals surface area contributed by atoms with Gasteiger partial charge >= 0.3 is 0 Å². The number of carbonyl (C=O) groups is 2. The standard InChI is InChI=1S/C19H19NO2/c1-10-3-4-11(2)14(9-10)20-17(21)15-12-5-6-13(16(15)18(20)22)19(12)7-8-19/h3-6,9,12-13,15-16H,7-8H2,1-2H3/t12-,13-,15-,16-/m1/s1. The van der Waals surface area contributed by atoms with Crippen molar-refractivity contribution in [2.24, 2.45) is 29.1 Å². The van der Waals surface area contributed by atoms with Crippen molar-refractivity contribution in [3.8, 4) is 0 Å². The van der Waals surface area contributed by atoms with E-state index in [1.54, 1.807) is 0 Å². The summed E-state index contributed by atoms with van der Waals surface area (Å²) in [7, 11) is 0. The number of anilines is 1. The molecule has 22 heavy (non-hydrogen) atoms. The Morgan fingerprint density at radius 3 is 2.14 bits per heavy atom. The van der Waals surface area contributed by atoms with Crippen molar-refractivity contribution in [2.45, 2.75) is 26.7 Å². The number of hydrogen-bond donors (Lipinski definition) is 0. The summed E-state index contributed by atoms with van der Waals surface area (Å²) in [6.07, 6.45) is 6.81. The lowest BCUT2D eigenvalue weighted by Crippen LogP contribution is -2.35. The molecule has 0 aromatic heterocycles. The Bertz CT molecular complexity index is 725. The van der Waals surface area contributed by atoms with Crippen LogP contribution >= 0.6 is 0 Å². The highest BCUT2D eigenvalue weighted by molar-refractivity contribution is 6.23. The zero-order valence-electron chi connectivity index (χ0n) is 12.9. The Kier molecular flexibility index (Phi) is 2.13. The topological polar surface area (TPSA) is 37.4 Å². The van der Waals surface area contributed by atoms with E-state index >= 15 is 0 Å². The third-order valence-electron chi connectivity index (χ3n) is 6.46. The molecule has 2 bridgehead atoms. The van der Waals surface area contributed by atoms with Gasteiger partial charge in [0.05, 0.1) is 17.5 Å². The molecule has 1 saturated heterocycles. The lowest BCUT2D eigenvalue weighted by molar-refractivity contribution is -0.123. The average molecular weight is 293 g/mol. The van der Waals surface area contributed by atoms with Crippen LogP contribution in [-0.2, 0) is 9.59 Å². The van der Waals surface area contributed by atoms with E-state index in [-0.39, 0.29) is 29.1 Å². The quantitative estimate of drug-likeness (QED) is 0.589. The molecule has 112 valence electrons. The Labute approximate surface area is 130 Å². The van der Waals surface area contributed by atoms with Crippen LogP contribution in [-0.4, -0.2) is 11.8 Å². The van der Waals surface area contributed by atoms with Gasteiger partial charge in [0.1, 0.15) is 0 Å². The molecule has 3 aliphatic carbocycles. The highest BCUT2D eigenvalue weighted by Crippen LogP contribution is 2.73. The number of hydrogen-bond acceptors (Lipinski definition) is 2. The summed E-state index contributed by atoms with van der Waals surface area (Å²) in [4.78, 5) is 27.6. The molecule has 4 aliphatic rings. The van der Waals surface area contributed by atoms with E-state index in [0.29, 0.717) is 11.8 Å². The minimum absolute atomic E-state index is 0.0341. The van der Waals surface area contributed by atoms with Crippen LogP contribution in [0.5, 0.6) is 0 Å². The van der Waals surface area contributed by atoms with E-state index < -0.39 is 0 Å². The van der Waals surface area contributed by atoms with Crippen molar-refractivity contribution in [3.63, 3.8) is 0 Å². The second kappa shape index (κ2) is 3.70. The van der Waals surface area contributed by atoms with E-state index in [1.807, 2.05) is 32.0 Å². The van der Waals surface area contributed by atoms with Gasteiger partial charge in [0, 0.05) is 0 Å². The molecule has 1 aliphatic heterocycles. The van der Waals surface area contributed by atoms with Crippen molar-refractivity contribution in [2.75, 3.05) is 4.90 Å². The first-order valence-electron chi connectivity index (χ1n) is 8.18. The zero-order valence-corrected chi connectivity index (χ0v) is 12.9. The second-order valence-corrected chi connectivity index (χ2v) is 7.52. The van der Waals surface area contributed by atoms with E-state index in [2.05, 4.69) is 12.2 Å². The molecular formula is C19H19NO2. The fourth-order valence-corrected chi connectivity index (χ4v) is 5.28. The number of imide groups is 1. The number of aryl methyl sites for hydroxylation is 2. The largest absolute Gasteiger partial charge is 0.274 e. The van der Waals surface area contributed by atoms with Crippen LogP contribution in [0.1, 0.15) is 24.0 Å². The molecule has 3 heteroatoms. The summed E-state index contributed by atoms with van der Waals surface area (Å²) >= 11 is 0. The lowest BCUT2D eigenvalue weighted by Gasteiger charge is -2.23. The van der Waals surface area contributed by atoms with Gasteiger partial charge in [0.15, 0.2) is 0 Å².